The Labute approximate surface area is 149 Å². The van der Waals surface area contributed by atoms with Crippen molar-refractivity contribution in [1.82, 2.24) is 0 Å². The zero-order valence-electron chi connectivity index (χ0n) is 12.1. The Morgan fingerprint density at radius 2 is 1.18 bits per heavy atom. The topological polar surface area (TPSA) is 0 Å². The minimum absolute atomic E-state index is 1.08. The van der Waals surface area contributed by atoms with Crippen molar-refractivity contribution < 1.29 is 0 Å². The summed E-state index contributed by atoms with van der Waals surface area (Å²) in [6.07, 6.45) is -2.68. The smallest absolute Gasteiger partial charge is 0.164 e. The standard InChI is InChI=1S/C16H17Cl3Si3/c1-3-21(4-2,15-11-7-5-8-12-15)22(19,20(17)18)16-13-9-6-10-14-16/h3-14,20H,1-2H2. The molecule has 114 valence electrons. The fourth-order valence-corrected chi connectivity index (χ4v) is 36.5. The minimum Gasteiger partial charge on any atom is -0.164 e. The minimum atomic E-state index is -2.68. The van der Waals surface area contributed by atoms with Gasteiger partial charge in [-0.25, -0.2) is 0 Å². The van der Waals surface area contributed by atoms with Crippen LogP contribution >= 0.6 is 33.2 Å². The Morgan fingerprint density at radius 1 is 0.773 bits per heavy atom. The van der Waals surface area contributed by atoms with Crippen LogP contribution in [0.15, 0.2) is 85.2 Å². The van der Waals surface area contributed by atoms with Crippen LogP contribution in [-0.4, -0.2) is 20.9 Å². The van der Waals surface area contributed by atoms with Crippen molar-refractivity contribution in [3.05, 3.63) is 85.2 Å². The third-order valence-corrected chi connectivity index (χ3v) is 42.4. The van der Waals surface area contributed by atoms with E-state index in [1.165, 1.54) is 5.19 Å². The van der Waals surface area contributed by atoms with Crippen molar-refractivity contribution in [3.8, 4) is 0 Å². The molecule has 2 rings (SSSR count). The van der Waals surface area contributed by atoms with Gasteiger partial charge in [0.15, 0.2) is 0 Å². The van der Waals surface area contributed by atoms with Crippen LogP contribution in [0.25, 0.3) is 0 Å². The van der Waals surface area contributed by atoms with Gasteiger partial charge in [0.1, 0.15) is 7.59 Å². The maximum absolute atomic E-state index is 7.31. The first-order valence-electron chi connectivity index (χ1n) is 6.88. The number of hydrogen-bond acceptors (Lipinski definition) is 0. The summed E-state index contributed by atoms with van der Waals surface area (Å²) in [5, 5.41) is 2.25. The van der Waals surface area contributed by atoms with Crippen molar-refractivity contribution in [2.45, 2.75) is 0 Å². The van der Waals surface area contributed by atoms with E-state index < -0.39 is 20.9 Å². The highest BCUT2D eigenvalue weighted by molar-refractivity contribution is 7.97. The van der Waals surface area contributed by atoms with Crippen molar-refractivity contribution >= 4 is 64.6 Å². The van der Waals surface area contributed by atoms with Gasteiger partial charge in [-0.15, -0.1) is 13.2 Å². The monoisotopic (exact) mass is 398 g/mol. The predicted molar refractivity (Wildman–Crippen MR) is 109 cm³/mol. The summed E-state index contributed by atoms with van der Waals surface area (Å²) in [5.74, 6) is 0. The molecule has 0 aromatic heterocycles. The molecule has 0 aliphatic rings. The lowest BCUT2D eigenvalue weighted by Gasteiger charge is -2.40. The Bertz CT molecular complexity index is 638. The van der Waals surface area contributed by atoms with Crippen LogP contribution in [0.1, 0.15) is 0 Å². The maximum Gasteiger partial charge on any atom is 0.246 e. The van der Waals surface area contributed by atoms with Crippen LogP contribution < -0.4 is 10.4 Å². The normalized spacial score (nSPS) is 14.4. The lowest BCUT2D eigenvalue weighted by molar-refractivity contribution is 1.75. The average Bonchev–Trinajstić information content (AvgIpc) is 2.57. The van der Waals surface area contributed by atoms with Gasteiger partial charge in [-0.2, -0.15) is 33.2 Å². The average molecular weight is 400 g/mol. The number of hydrogen-bond donors (Lipinski definition) is 0. The molecule has 2 aromatic rings. The van der Waals surface area contributed by atoms with Gasteiger partial charge in [0, 0.05) is 0 Å². The Balaban J connectivity index is 2.77. The Kier molecular flexibility index (Phi) is 5.94. The summed E-state index contributed by atoms with van der Waals surface area (Å²) in [7, 11) is -2.45. The summed E-state index contributed by atoms with van der Waals surface area (Å²) in [5.41, 5.74) is 3.98. The first-order chi connectivity index (χ1) is 10.5. The highest BCUT2D eigenvalue weighted by Gasteiger charge is 2.58. The van der Waals surface area contributed by atoms with E-state index in [1.807, 2.05) is 59.9 Å². The van der Waals surface area contributed by atoms with Crippen LogP contribution in [0.5, 0.6) is 0 Å². The van der Waals surface area contributed by atoms with E-state index in [9.17, 15) is 0 Å². The second kappa shape index (κ2) is 7.34. The summed E-state index contributed by atoms with van der Waals surface area (Å²) >= 11 is 20.5. The molecular formula is C16H17Cl3Si3. The molecule has 0 bridgehead atoms. The third-order valence-electron chi connectivity index (χ3n) is 3.99. The molecule has 0 heterocycles. The van der Waals surface area contributed by atoms with Gasteiger partial charge in [-0.3, -0.25) is 0 Å². The first kappa shape index (κ1) is 17.8. The number of halogens is 3. The fraction of sp³-hybridized carbons (Fsp3) is 0. The molecule has 6 heteroatoms. The van der Waals surface area contributed by atoms with Crippen LogP contribution in [0.3, 0.4) is 0 Å². The summed E-state index contributed by atoms with van der Waals surface area (Å²) in [6.45, 7) is 6.01. The zero-order valence-corrected chi connectivity index (χ0v) is 17.5. The summed E-state index contributed by atoms with van der Waals surface area (Å²) < 4.78 is 0. The van der Waals surface area contributed by atoms with E-state index in [4.69, 9.17) is 33.2 Å². The first-order valence-corrected chi connectivity index (χ1v) is 18.3. The molecule has 2 aromatic carbocycles. The fourth-order valence-electron chi connectivity index (χ4n) is 2.77. The van der Waals surface area contributed by atoms with Crippen LogP contribution in [-0.2, 0) is 0 Å². The molecule has 0 nitrogen and oxygen atoms in total. The Morgan fingerprint density at radius 3 is 1.55 bits per heavy atom. The van der Waals surface area contributed by atoms with Gasteiger partial charge in [0.05, 0.1) is 0 Å². The second-order valence-corrected chi connectivity index (χ2v) is 31.0. The van der Waals surface area contributed by atoms with Crippen LogP contribution in [0.2, 0.25) is 0 Å². The molecule has 1 unspecified atom stereocenters. The molecule has 0 amide bonds. The van der Waals surface area contributed by atoms with E-state index in [0.29, 0.717) is 0 Å². The zero-order chi connectivity index (χ0) is 16.2. The maximum atomic E-state index is 7.31. The van der Waals surface area contributed by atoms with E-state index >= 15 is 0 Å². The molecule has 0 N–H and O–H groups in total. The molecule has 0 radical (unpaired) electrons. The van der Waals surface area contributed by atoms with Gasteiger partial charge >= 0.3 is 0 Å². The van der Waals surface area contributed by atoms with Crippen molar-refractivity contribution in [1.29, 1.82) is 0 Å². The highest BCUT2D eigenvalue weighted by atomic mass is 35.7. The van der Waals surface area contributed by atoms with Crippen LogP contribution in [0, 0.1) is 0 Å². The molecular weight excluding hydrogens is 383 g/mol. The molecule has 0 spiro atoms. The highest BCUT2D eigenvalue weighted by Crippen LogP contribution is 2.31. The summed E-state index contributed by atoms with van der Waals surface area (Å²) in [6, 6.07) is 20.2. The Hall–Kier alpha value is -0.559. The lowest BCUT2D eigenvalue weighted by Crippen LogP contribution is -2.76. The summed E-state index contributed by atoms with van der Waals surface area (Å²) in [4.78, 5) is 0. The lowest BCUT2D eigenvalue weighted by atomic mass is 10.4. The van der Waals surface area contributed by atoms with Gasteiger partial charge < -0.3 is 0 Å². The predicted octanol–water partition coefficient (Wildman–Crippen LogP) is 3.74. The van der Waals surface area contributed by atoms with E-state index in [0.717, 1.165) is 5.19 Å². The second-order valence-electron chi connectivity index (χ2n) is 5.02. The molecule has 0 fully saturated rings. The SMILES string of the molecule is C=C[Si](C=C)(c1ccccc1)[Si](Cl)(c1ccccc1)[SiH](Cl)Cl. The molecule has 22 heavy (non-hydrogen) atoms. The number of rotatable bonds is 6. The quantitative estimate of drug-likeness (QED) is 0.512. The van der Waals surface area contributed by atoms with E-state index in [1.54, 1.807) is 0 Å². The molecule has 0 aliphatic carbocycles. The van der Waals surface area contributed by atoms with E-state index in [2.05, 4.69) is 25.3 Å². The van der Waals surface area contributed by atoms with Gasteiger partial charge in [0.2, 0.25) is 13.4 Å². The van der Waals surface area contributed by atoms with Gasteiger partial charge in [-0.1, -0.05) is 77.2 Å². The largest absolute Gasteiger partial charge is 0.246 e. The molecule has 0 aliphatic heterocycles. The third kappa shape index (κ3) is 2.82. The molecule has 0 saturated carbocycles. The molecule has 0 saturated heterocycles. The molecule has 1 atom stereocenters. The van der Waals surface area contributed by atoms with Gasteiger partial charge in [0.25, 0.3) is 0 Å². The van der Waals surface area contributed by atoms with E-state index in [-0.39, 0.29) is 0 Å². The van der Waals surface area contributed by atoms with Crippen molar-refractivity contribution in [2.24, 2.45) is 0 Å². The number of benzene rings is 2. The van der Waals surface area contributed by atoms with Gasteiger partial charge in [-0.05, 0) is 5.19 Å². The van der Waals surface area contributed by atoms with Crippen molar-refractivity contribution in [3.63, 3.8) is 0 Å². The van der Waals surface area contributed by atoms with Crippen molar-refractivity contribution in [2.75, 3.05) is 0 Å². The van der Waals surface area contributed by atoms with Crippen LogP contribution in [0.4, 0.5) is 0 Å².